The normalized spacial score (nSPS) is 19.1. The first-order valence-electron chi connectivity index (χ1n) is 11.9. The van der Waals surface area contributed by atoms with Gasteiger partial charge < -0.3 is 20.1 Å². The van der Waals surface area contributed by atoms with Crippen molar-refractivity contribution in [1.29, 1.82) is 0 Å². The number of nitrogens with zero attached hydrogens (tertiary/aromatic N) is 2. The number of carboxylic acid groups (broad SMARTS) is 1. The van der Waals surface area contributed by atoms with Crippen molar-refractivity contribution in [3.05, 3.63) is 60.2 Å². The van der Waals surface area contributed by atoms with Gasteiger partial charge in [0.15, 0.2) is 0 Å². The summed E-state index contributed by atoms with van der Waals surface area (Å²) in [6.45, 7) is 1.52. The van der Waals surface area contributed by atoms with E-state index in [1.165, 1.54) is 12.1 Å². The molecule has 0 aromatic heterocycles. The topological polar surface area (TPSA) is 133 Å². The average molecular weight is 516 g/mol. The molecule has 0 spiro atoms. The highest BCUT2D eigenvalue weighted by Gasteiger charge is 2.40. The Hall–Kier alpha value is -3.44. The third kappa shape index (κ3) is 5.85. The van der Waals surface area contributed by atoms with Gasteiger partial charge in [-0.05, 0) is 55.5 Å². The van der Waals surface area contributed by atoms with Crippen molar-refractivity contribution in [3.8, 4) is 5.75 Å². The van der Waals surface area contributed by atoms with Gasteiger partial charge >= 0.3 is 12.1 Å². The van der Waals surface area contributed by atoms with E-state index in [2.05, 4.69) is 5.32 Å². The molecule has 192 valence electrons. The molecule has 0 bridgehead atoms. The fraction of sp³-hybridized carbons (Fsp3) is 0.400. The number of benzene rings is 2. The molecule has 0 unspecified atom stereocenters. The number of carboxylic acids is 1. The Morgan fingerprint density at radius 2 is 1.64 bits per heavy atom. The fourth-order valence-electron chi connectivity index (χ4n) is 4.48. The van der Waals surface area contributed by atoms with Crippen molar-refractivity contribution in [1.82, 2.24) is 14.5 Å². The van der Waals surface area contributed by atoms with Crippen molar-refractivity contribution >= 4 is 28.0 Å². The Labute approximate surface area is 209 Å². The molecule has 2 saturated heterocycles. The van der Waals surface area contributed by atoms with E-state index in [1.54, 1.807) is 47.4 Å². The highest BCUT2D eigenvalue weighted by Crippen LogP contribution is 2.26. The number of carbonyl (C=O) groups excluding carboxylic acids is 2. The maximum Gasteiger partial charge on any atom is 0.415 e. The lowest BCUT2D eigenvalue weighted by atomic mass is 10.1. The van der Waals surface area contributed by atoms with E-state index in [9.17, 15) is 27.9 Å². The number of likely N-dealkylation sites (tertiary alicyclic amines) is 1. The van der Waals surface area contributed by atoms with Crippen LogP contribution in [-0.4, -0.2) is 72.4 Å². The first-order valence-corrected chi connectivity index (χ1v) is 13.4. The second kappa shape index (κ2) is 11.1. The maximum absolute atomic E-state index is 13.0. The monoisotopic (exact) mass is 515 g/mol. The van der Waals surface area contributed by atoms with Crippen molar-refractivity contribution in [2.24, 2.45) is 0 Å². The van der Waals surface area contributed by atoms with Crippen molar-refractivity contribution in [2.75, 3.05) is 19.6 Å². The molecule has 11 heteroatoms. The van der Waals surface area contributed by atoms with Gasteiger partial charge in [0.05, 0.1) is 4.90 Å². The van der Waals surface area contributed by atoms with Gasteiger partial charge in [-0.2, -0.15) is 4.31 Å². The lowest BCUT2D eigenvalue weighted by Crippen LogP contribution is -2.51. The minimum Gasteiger partial charge on any atom is -0.480 e. The molecule has 2 aliphatic heterocycles. The number of amides is 2. The van der Waals surface area contributed by atoms with Gasteiger partial charge in [0, 0.05) is 26.1 Å². The number of sulfonamides is 1. The van der Waals surface area contributed by atoms with E-state index in [-0.39, 0.29) is 17.9 Å². The molecular weight excluding hydrogens is 486 g/mol. The summed E-state index contributed by atoms with van der Waals surface area (Å²) >= 11 is 0. The standard InChI is InChI=1S/C25H29N3O7S/c29-23(22-9-6-16-28(22)36(33,34)20-7-2-1-3-8-20)26-21(24(30)31)17-18-10-12-19(13-11-18)35-25(32)27-14-4-5-15-27/h1-3,7-8,10-13,21-22H,4-6,9,14-17H2,(H,26,29)(H,30,31)/t21-,22+/m0/s1. The highest BCUT2D eigenvalue weighted by atomic mass is 32.2. The number of rotatable bonds is 8. The van der Waals surface area contributed by atoms with Crippen molar-refractivity contribution < 1.29 is 32.6 Å². The first-order chi connectivity index (χ1) is 17.3. The summed E-state index contributed by atoms with van der Waals surface area (Å²) in [6.07, 6.45) is 2.28. The predicted octanol–water partition coefficient (Wildman–Crippen LogP) is 2.25. The number of ether oxygens (including phenoxy) is 1. The zero-order valence-electron chi connectivity index (χ0n) is 19.7. The number of nitrogens with one attached hydrogen (secondary N) is 1. The lowest BCUT2D eigenvalue weighted by molar-refractivity contribution is -0.142. The van der Waals surface area contributed by atoms with Gasteiger partial charge in [0.2, 0.25) is 15.9 Å². The molecule has 0 saturated carbocycles. The Kier molecular flexibility index (Phi) is 7.90. The Morgan fingerprint density at radius 3 is 2.28 bits per heavy atom. The van der Waals surface area contributed by atoms with Crippen molar-refractivity contribution in [3.63, 3.8) is 0 Å². The molecular formula is C25H29N3O7S. The minimum atomic E-state index is -3.89. The summed E-state index contributed by atoms with van der Waals surface area (Å²) in [6, 6.07) is 12.0. The zero-order valence-corrected chi connectivity index (χ0v) is 20.5. The van der Waals surface area contributed by atoms with Crippen LogP contribution >= 0.6 is 0 Å². The molecule has 4 rings (SSSR count). The third-order valence-electron chi connectivity index (χ3n) is 6.40. The van der Waals surface area contributed by atoms with Gasteiger partial charge in [-0.15, -0.1) is 0 Å². The molecule has 2 atom stereocenters. The van der Waals surface area contributed by atoms with Crippen LogP contribution in [0.25, 0.3) is 0 Å². The smallest absolute Gasteiger partial charge is 0.415 e. The molecule has 2 aromatic rings. The van der Waals surface area contributed by atoms with Crippen LogP contribution in [0.3, 0.4) is 0 Å². The van der Waals surface area contributed by atoms with Crippen LogP contribution < -0.4 is 10.1 Å². The van der Waals surface area contributed by atoms with E-state index in [1.807, 2.05) is 0 Å². The fourth-order valence-corrected chi connectivity index (χ4v) is 6.16. The number of carbonyl (C=O) groups is 3. The van der Waals surface area contributed by atoms with Crippen LogP contribution in [0.2, 0.25) is 0 Å². The van der Waals surface area contributed by atoms with Gasteiger partial charge in [0.25, 0.3) is 0 Å². The Bertz CT molecular complexity index is 1200. The summed E-state index contributed by atoms with van der Waals surface area (Å²) in [5, 5.41) is 12.2. The number of aliphatic carboxylic acids is 1. The molecule has 2 aliphatic rings. The summed E-state index contributed by atoms with van der Waals surface area (Å²) in [7, 11) is -3.89. The summed E-state index contributed by atoms with van der Waals surface area (Å²) in [4.78, 5) is 38.7. The molecule has 2 fully saturated rings. The molecule has 36 heavy (non-hydrogen) atoms. The summed E-state index contributed by atoms with van der Waals surface area (Å²) in [5.74, 6) is -1.53. The molecule has 2 aromatic carbocycles. The number of hydrogen-bond acceptors (Lipinski definition) is 6. The third-order valence-corrected chi connectivity index (χ3v) is 8.33. The van der Waals surface area contributed by atoms with Gasteiger partial charge in [-0.3, -0.25) is 4.79 Å². The first kappa shape index (κ1) is 25.6. The van der Waals surface area contributed by atoms with Crippen molar-refractivity contribution in [2.45, 2.75) is 49.1 Å². The second-order valence-corrected chi connectivity index (χ2v) is 10.8. The van der Waals surface area contributed by atoms with Crippen LogP contribution in [0.1, 0.15) is 31.2 Å². The number of hydrogen-bond donors (Lipinski definition) is 2. The van der Waals surface area contributed by atoms with Gasteiger partial charge in [-0.1, -0.05) is 30.3 Å². The van der Waals surface area contributed by atoms with E-state index in [4.69, 9.17) is 4.74 Å². The molecule has 0 radical (unpaired) electrons. The zero-order chi connectivity index (χ0) is 25.7. The van der Waals surface area contributed by atoms with E-state index in [0.29, 0.717) is 37.2 Å². The minimum absolute atomic E-state index is 0.0143. The van der Waals surface area contributed by atoms with Crippen LogP contribution in [0.4, 0.5) is 4.79 Å². The van der Waals surface area contributed by atoms with E-state index < -0.39 is 40.1 Å². The molecule has 10 nitrogen and oxygen atoms in total. The highest BCUT2D eigenvalue weighted by molar-refractivity contribution is 7.89. The van der Waals surface area contributed by atoms with Gasteiger partial charge in [0.1, 0.15) is 17.8 Å². The van der Waals surface area contributed by atoms with Crippen LogP contribution in [0.15, 0.2) is 59.5 Å². The quantitative estimate of drug-likeness (QED) is 0.551. The lowest BCUT2D eigenvalue weighted by Gasteiger charge is -2.25. The van der Waals surface area contributed by atoms with Crippen LogP contribution in [0.5, 0.6) is 5.75 Å². The summed E-state index contributed by atoms with van der Waals surface area (Å²) in [5.41, 5.74) is 0.615. The molecule has 2 heterocycles. The largest absolute Gasteiger partial charge is 0.480 e. The van der Waals surface area contributed by atoms with Gasteiger partial charge in [-0.25, -0.2) is 18.0 Å². The van der Waals surface area contributed by atoms with Crippen LogP contribution in [0, 0.1) is 0 Å². The Morgan fingerprint density at radius 1 is 0.972 bits per heavy atom. The predicted molar refractivity (Wildman–Crippen MR) is 130 cm³/mol. The molecule has 2 N–H and O–H groups in total. The Balaban J connectivity index is 1.39. The summed E-state index contributed by atoms with van der Waals surface area (Å²) < 4.78 is 32.6. The average Bonchev–Trinajstić information content (AvgIpc) is 3.58. The van der Waals surface area contributed by atoms with E-state index in [0.717, 1.165) is 17.1 Å². The van der Waals surface area contributed by atoms with Crippen LogP contribution in [-0.2, 0) is 26.0 Å². The van der Waals surface area contributed by atoms with E-state index >= 15 is 0 Å². The molecule has 0 aliphatic carbocycles. The SMILES string of the molecule is O=C(O)[C@H](Cc1ccc(OC(=O)N2CCCC2)cc1)NC(=O)[C@H]1CCCN1S(=O)(=O)c1ccccc1. The maximum atomic E-state index is 13.0. The molecule has 2 amide bonds. The second-order valence-electron chi connectivity index (χ2n) is 8.90.